The minimum atomic E-state index is -0.659. The first kappa shape index (κ1) is 13.4. The molecule has 0 spiro atoms. The van der Waals surface area contributed by atoms with Crippen LogP contribution in [0.1, 0.15) is 5.56 Å². The summed E-state index contributed by atoms with van der Waals surface area (Å²) >= 11 is 2.07. The Morgan fingerprint density at radius 3 is 2.53 bits per heavy atom. The summed E-state index contributed by atoms with van der Waals surface area (Å²) in [5, 5.41) is 25.6. The summed E-state index contributed by atoms with van der Waals surface area (Å²) in [4.78, 5) is 20.3. The number of aromatic nitrogens is 2. The Bertz CT molecular complexity index is 655. The molecule has 2 rings (SSSR count). The molecule has 1 heterocycles. The second kappa shape index (κ2) is 5.30. The Kier molecular flexibility index (Phi) is 3.74. The van der Waals surface area contributed by atoms with Gasteiger partial charge in [-0.3, -0.25) is 24.9 Å². The minimum absolute atomic E-state index is 0.192. The van der Waals surface area contributed by atoms with Gasteiger partial charge >= 0.3 is 0 Å². The van der Waals surface area contributed by atoms with Crippen LogP contribution in [-0.4, -0.2) is 19.6 Å². The maximum Gasteiger partial charge on any atom is 0.281 e. The number of nitrogens with zero attached hydrogens (tertiary/aromatic N) is 4. The molecule has 0 amide bonds. The van der Waals surface area contributed by atoms with Gasteiger partial charge in [0.25, 0.3) is 11.4 Å². The van der Waals surface area contributed by atoms with E-state index in [9.17, 15) is 20.2 Å². The highest BCUT2D eigenvalue weighted by molar-refractivity contribution is 14.1. The first-order valence-electron chi connectivity index (χ1n) is 5.07. The van der Waals surface area contributed by atoms with Gasteiger partial charge in [0.2, 0.25) is 0 Å². The summed E-state index contributed by atoms with van der Waals surface area (Å²) < 4.78 is 2.44. The van der Waals surface area contributed by atoms with Crippen molar-refractivity contribution in [2.75, 3.05) is 0 Å². The first-order chi connectivity index (χ1) is 8.97. The van der Waals surface area contributed by atoms with Crippen LogP contribution in [0.5, 0.6) is 0 Å². The van der Waals surface area contributed by atoms with Crippen LogP contribution >= 0.6 is 22.6 Å². The molecule has 0 atom stereocenters. The molecule has 1 aromatic carbocycles. The topological polar surface area (TPSA) is 104 Å². The van der Waals surface area contributed by atoms with E-state index >= 15 is 0 Å². The molecule has 0 aliphatic rings. The second-order valence-electron chi connectivity index (χ2n) is 3.68. The van der Waals surface area contributed by atoms with Crippen molar-refractivity contribution in [2.24, 2.45) is 0 Å². The van der Waals surface area contributed by atoms with E-state index in [1.165, 1.54) is 16.8 Å². The van der Waals surface area contributed by atoms with Crippen LogP contribution in [0.3, 0.4) is 0 Å². The standard InChI is InChI=1S/C10H7IN4O4/c11-8-4-12-13(6-8)5-7-1-2-9(14(16)17)3-10(7)15(18)19/h1-4,6H,5H2. The maximum absolute atomic E-state index is 10.9. The normalized spacial score (nSPS) is 10.4. The Labute approximate surface area is 120 Å². The summed E-state index contributed by atoms with van der Waals surface area (Å²) in [6, 6.07) is 3.59. The third-order valence-electron chi connectivity index (χ3n) is 2.41. The Hall–Kier alpha value is -2.04. The quantitative estimate of drug-likeness (QED) is 0.464. The highest BCUT2D eigenvalue weighted by Crippen LogP contribution is 2.25. The van der Waals surface area contributed by atoms with Crippen molar-refractivity contribution >= 4 is 34.0 Å². The number of rotatable bonds is 4. The molecular weight excluding hydrogens is 367 g/mol. The average Bonchev–Trinajstić information content (AvgIpc) is 2.74. The van der Waals surface area contributed by atoms with Crippen LogP contribution in [0.4, 0.5) is 11.4 Å². The van der Waals surface area contributed by atoms with E-state index in [0.29, 0.717) is 5.56 Å². The smallest absolute Gasteiger partial charge is 0.267 e. The van der Waals surface area contributed by atoms with E-state index in [1.54, 1.807) is 12.4 Å². The number of halogens is 1. The molecule has 0 aliphatic carbocycles. The zero-order valence-corrected chi connectivity index (χ0v) is 11.6. The Morgan fingerprint density at radius 2 is 2.00 bits per heavy atom. The van der Waals surface area contributed by atoms with Gasteiger partial charge < -0.3 is 0 Å². The van der Waals surface area contributed by atoms with Crippen molar-refractivity contribution in [3.05, 3.63) is 60.0 Å². The molecule has 1 aromatic heterocycles. The van der Waals surface area contributed by atoms with Crippen LogP contribution in [0.15, 0.2) is 30.6 Å². The van der Waals surface area contributed by atoms with Gasteiger partial charge in [-0.1, -0.05) is 0 Å². The molecule has 0 unspecified atom stereocenters. The first-order valence-corrected chi connectivity index (χ1v) is 6.15. The minimum Gasteiger partial charge on any atom is -0.267 e. The Morgan fingerprint density at radius 1 is 1.26 bits per heavy atom. The fourth-order valence-electron chi connectivity index (χ4n) is 1.57. The molecule has 0 N–H and O–H groups in total. The fourth-order valence-corrected chi connectivity index (χ4v) is 2.01. The summed E-state index contributed by atoms with van der Waals surface area (Å²) in [6.07, 6.45) is 3.35. The molecule has 0 fully saturated rings. The zero-order chi connectivity index (χ0) is 14.0. The van der Waals surface area contributed by atoms with Crippen LogP contribution < -0.4 is 0 Å². The van der Waals surface area contributed by atoms with E-state index in [-0.39, 0.29) is 17.9 Å². The predicted molar refractivity (Wildman–Crippen MR) is 73.8 cm³/mol. The highest BCUT2D eigenvalue weighted by Gasteiger charge is 2.19. The van der Waals surface area contributed by atoms with Crippen molar-refractivity contribution in [1.29, 1.82) is 0 Å². The summed E-state index contributed by atoms with van der Waals surface area (Å²) in [5.41, 5.74) is -0.208. The van der Waals surface area contributed by atoms with Crippen LogP contribution in [0.2, 0.25) is 0 Å². The van der Waals surface area contributed by atoms with Gasteiger partial charge in [0.15, 0.2) is 0 Å². The zero-order valence-electron chi connectivity index (χ0n) is 9.39. The van der Waals surface area contributed by atoms with Crippen molar-refractivity contribution in [3.63, 3.8) is 0 Å². The number of nitro groups is 2. The largest absolute Gasteiger partial charge is 0.281 e. The lowest BCUT2D eigenvalue weighted by Gasteiger charge is -2.03. The molecule has 2 aromatic rings. The van der Waals surface area contributed by atoms with Crippen LogP contribution in [0.25, 0.3) is 0 Å². The molecule has 98 valence electrons. The fraction of sp³-hybridized carbons (Fsp3) is 0.100. The van der Waals surface area contributed by atoms with Crippen molar-refractivity contribution < 1.29 is 9.85 Å². The molecule has 19 heavy (non-hydrogen) atoms. The maximum atomic E-state index is 10.9. The van der Waals surface area contributed by atoms with E-state index in [0.717, 1.165) is 9.64 Å². The molecule has 0 saturated carbocycles. The molecular formula is C10H7IN4O4. The lowest BCUT2D eigenvalue weighted by atomic mass is 10.1. The SMILES string of the molecule is O=[N+]([O-])c1ccc(Cn2cc(I)cn2)c([N+](=O)[O-])c1. The van der Waals surface area contributed by atoms with Gasteiger partial charge in [0, 0.05) is 12.3 Å². The van der Waals surface area contributed by atoms with Crippen molar-refractivity contribution in [3.8, 4) is 0 Å². The molecule has 0 aliphatic heterocycles. The highest BCUT2D eigenvalue weighted by atomic mass is 127. The van der Waals surface area contributed by atoms with E-state index in [2.05, 4.69) is 27.7 Å². The lowest BCUT2D eigenvalue weighted by molar-refractivity contribution is -0.394. The van der Waals surface area contributed by atoms with E-state index in [1.807, 2.05) is 0 Å². The molecule has 8 nitrogen and oxygen atoms in total. The summed E-state index contributed by atoms with van der Waals surface area (Å²) in [6.45, 7) is 0.192. The molecule has 9 heteroatoms. The van der Waals surface area contributed by atoms with Gasteiger partial charge in [-0.05, 0) is 28.7 Å². The average molecular weight is 374 g/mol. The van der Waals surface area contributed by atoms with Crippen LogP contribution in [-0.2, 0) is 6.54 Å². The third kappa shape index (κ3) is 3.05. The van der Waals surface area contributed by atoms with Crippen molar-refractivity contribution in [2.45, 2.75) is 6.54 Å². The van der Waals surface area contributed by atoms with Crippen molar-refractivity contribution in [1.82, 2.24) is 9.78 Å². The van der Waals surface area contributed by atoms with Gasteiger partial charge in [-0.15, -0.1) is 0 Å². The number of hydrogen-bond donors (Lipinski definition) is 0. The molecule has 0 bridgehead atoms. The predicted octanol–water partition coefficient (Wildman–Crippen LogP) is 2.35. The second-order valence-corrected chi connectivity index (χ2v) is 4.93. The lowest BCUT2D eigenvalue weighted by Crippen LogP contribution is -2.04. The van der Waals surface area contributed by atoms with Crippen LogP contribution in [0, 0.1) is 23.8 Å². The summed E-state index contributed by atoms with van der Waals surface area (Å²) in [5.74, 6) is 0. The number of non-ortho nitro benzene ring substituents is 1. The monoisotopic (exact) mass is 374 g/mol. The van der Waals surface area contributed by atoms with Gasteiger partial charge in [0.1, 0.15) is 0 Å². The van der Waals surface area contributed by atoms with Gasteiger partial charge in [0.05, 0.1) is 37.8 Å². The third-order valence-corrected chi connectivity index (χ3v) is 2.97. The molecule has 0 radical (unpaired) electrons. The summed E-state index contributed by atoms with van der Waals surface area (Å²) in [7, 11) is 0. The molecule has 0 saturated heterocycles. The Balaban J connectivity index is 2.39. The van der Waals surface area contributed by atoms with Gasteiger partial charge in [-0.2, -0.15) is 5.10 Å². The number of nitro benzene ring substituents is 2. The van der Waals surface area contributed by atoms with Gasteiger partial charge in [-0.25, -0.2) is 0 Å². The number of benzene rings is 1. The van der Waals surface area contributed by atoms with E-state index < -0.39 is 9.85 Å². The number of hydrogen-bond acceptors (Lipinski definition) is 5. The van der Waals surface area contributed by atoms with E-state index in [4.69, 9.17) is 0 Å².